The van der Waals surface area contributed by atoms with Crippen LogP contribution < -0.4 is 14.9 Å². The Morgan fingerprint density at radius 1 is 0.844 bits per heavy atom. The van der Waals surface area contributed by atoms with Crippen LogP contribution in [0.15, 0.2) is 72.8 Å². The summed E-state index contributed by atoms with van der Waals surface area (Å²) in [7, 11) is -3.26. The number of hydrogen-bond acceptors (Lipinski definition) is 4. The van der Waals surface area contributed by atoms with E-state index in [1.165, 1.54) is 4.31 Å². The molecule has 1 heterocycles. The van der Waals surface area contributed by atoms with E-state index >= 15 is 0 Å². The third kappa shape index (κ3) is 4.65. The maximum Gasteiger partial charge on any atom is 0.255 e. The van der Waals surface area contributed by atoms with E-state index in [-0.39, 0.29) is 17.6 Å². The third-order valence-electron chi connectivity index (χ3n) is 5.30. The summed E-state index contributed by atoms with van der Waals surface area (Å²) in [5.74, 6) is -0.416. The van der Waals surface area contributed by atoms with Crippen molar-refractivity contribution in [1.82, 2.24) is 0 Å². The minimum absolute atomic E-state index is 0.145. The van der Waals surface area contributed by atoms with E-state index in [0.29, 0.717) is 41.2 Å². The Kier molecular flexibility index (Phi) is 5.96. The lowest BCUT2D eigenvalue weighted by molar-refractivity contribution is 0.101. The lowest BCUT2D eigenvalue weighted by atomic mass is 10.1. The molecule has 1 fully saturated rings. The van der Waals surface area contributed by atoms with Crippen molar-refractivity contribution in [2.75, 3.05) is 27.2 Å². The van der Waals surface area contributed by atoms with Gasteiger partial charge >= 0.3 is 0 Å². The van der Waals surface area contributed by atoms with Crippen LogP contribution in [0, 0.1) is 6.92 Å². The highest BCUT2D eigenvalue weighted by atomic mass is 32.2. The molecule has 0 unspecified atom stereocenters. The number of sulfonamides is 1. The van der Waals surface area contributed by atoms with E-state index in [1.54, 1.807) is 60.7 Å². The first-order chi connectivity index (χ1) is 15.3. The van der Waals surface area contributed by atoms with Crippen LogP contribution >= 0.6 is 0 Å². The number of carbonyl (C=O) groups is 2. The largest absolute Gasteiger partial charge is 0.322 e. The van der Waals surface area contributed by atoms with Crippen molar-refractivity contribution in [3.05, 3.63) is 89.5 Å². The van der Waals surface area contributed by atoms with Gasteiger partial charge in [-0.15, -0.1) is 0 Å². The molecule has 0 spiro atoms. The molecule has 1 aliphatic heterocycles. The van der Waals surface area contributed by atoms with Crippen molar-refractivity contribution in [2.45, 2.75) is 13.3 Å². The molecule has 2 N–H and O–H groups in total. The third-order valence-corrected chi connectivity index (χ3v) is 7.17. The first-order valence-corrected chi connectivity index (χ1v) is 11.8. The predicted octanol–water partition coefficient (Wildman–Crippen LogP) is 4.04. The molecule has 3 aromatic carbocycles. The summed E-state index contributed by atoms with van der Waals surface area (Å²) >= 11 is 0. The van der Waals surface area contributed by atoms with Gasteiger partial charge in [-0.3, -0.25) is 13.9 Å². The first-order valence-electron chi connectivity index (χ1n) is 10.2. The maximum atomic E-state index is 12.8. The molecule has 0 radical (unpaired) electrons. The van der Waals surface area contributed by atoms with Crippen LogP contribution in [0.4, 0.5) is 17.1 Å². The minimum atomic E-state index is -3.26. The number of nitrogens with zero attached hydrogens (tertiary/aromatic N) is 1. The van der Waals surface area contributed by atoms with Crippen molar-refractivity contribution < 1.29 is 18.0 Å². The molecule has 164 valence electrons. The Morgan fingerprint density at radius 2 is 1.50 bits per heavy atom. The van der Waals surface area contributed by atoms with Gasteiger partial charge < -0.3 is 10.6 Å². The van der Waals surface area contributed by atoms with Crippen molar-refractivity contribution >= 4 is 38.9 Å². The summed E-state index contributed by atoms with van der Waals surface area (Å²) in [5.41, 5.74) is 3.49. The fraction of sp³-hybridized carbons (Fsp3) is 0.167. The zero-order valence-electron chi connectivity index (χ0n) is 17.5. The monoisotopic (exact) mass is 449 g/mol. The smallest absolute Gasteiger partial charge is 0.255 e. The standard InChI is InChI=1S/C24H23N3O4S/c1-17-8-11-20(25-23(28)18-6-3-2-4-7-18)16-22(17)26-24(29)19-9-12-21(13-10-19)27-14-5-15-32(27,30)31/h2-4,6-13,16H,5,14-15H2,1H3,(H,25,28)(H,26,29). The van der Waals surface area contributed by atoms with E-state index in [1.807, 2.05) is 19.1 Å². The van der Waals surface area contributed by atoms with Gasteiger partial charge in [0.2, 0.25) is 10.0 Å². The van der Waals surface area contributed by atoms with E-state index in [0.717, 1.165) is 5.56 Å². The van der Waals surface area contributed by atoms with Crippen LogP contribution in [0.3, 0.4) is 0 Å². The molecule has 32 heavy (non-hydrogen) atoms. The van der Waals surface area contributed by atoms with Crippen LogP contribution in [-0.2, 0) is 10.0 Å². The molecule has 0 atom stereocenters. The molecule has 0 aliphatic carbocycles. The first kappa shape index (κ1) is 21.6. The lowest BCUT2D eigenvalue weighted by Crippen LogP contribution is -2.25. The molecule has 7 nitrogen and oxygen atoms in total. The number of benzene rings is 3. The number of carbonyl (C=O) groups excluding carboxylic acids is 2. The summed E-state index contributed by atoms with van der Waals surface area (Å²) in [6, 6.07) is 20.7. The number of hydrogen-bond donors (Lipinski definition) is 2. The fourth-order valence-corrected chi connectivity index (χ4v) is 5.09. The van der Waals surface area contributed by atoms with Crippen LogP contribution in [0.2, 0.25) is 0 Å². The van der Waals surface area contributed by atoms with E-state index in [9.17, 15) is 18.0 Å². The van der Waals surface area contributed by atoms with Gasteiger partial charge in [0, 0.05) is 29.0 Å². The highest BCUT2D eigenvalue weighted by Crippen LogP contribution is 2.25. The Morgan fingerprint density at radius 3 is 2.16 bits per heavy atom. The van der Waals surface area contributed by atoms with Crippen molar-refractivity contribution in [3.63, 3.8) is 0 Å². The number of rotatable bonds is 5. The predicted molar refractivity (Wildman–Crippen MR) is 126 cm³/mol. The summed E-state index contributed by atoms with van der Waals surface area (Å²) in [5, 5.41) is 5.70. The van der Waals surface area contributed by atoms with Crippen LogP contribution in [0.5, 0.6) is 0 Å². The number of amides is 2. The minimum Gasteiger partial charge on any atom is -0.322 e. The highest BCUT2D eigenvalue weighted by molar-refractivity contribution is 7.93. The van der Waals surface area contributed by atoms with Crippen molar-refractivity contribution in [3.8, 4) is 0 Å². The molecular weight excluding hydrogens is 426 g/mol. The molecular formula is C24H23N3O4S. The second kappa shape index (κ2) is 8.84. The van der Waals surface area contributed by atoms with E-state index in [2.05, 4.69) is 10.6 Å². The normalized spacial score (nSPS) is 14.7. The average Bonchev–Trinajstić information content (AvgIpc) is 3.15. The summed E-state index contributed by atoms with van der Waals surface area (Å²) < 4.78 is 25.5. The Labute approximate surface area is 187 Å². The summed E-state index contributed by atoms with van der Waals surface area (Å²) in [4.78, 5) is 25.1. The van der Waals surface area contributed by atoms with Gasteiger partial charge in [-0.25, -0.2) is 8.42 Å². The number of aryl methyl sites for hydroxylation is 1. The molecule has 0 saturated carbocycles. The van der Waals surface area contributed by atoms with Gasteiger partial charge in [0.05, 0.1) is 11.4 Å². The average molecular weight is 450 g/mol. The molecule has 3 aromatic rings. The zero-order valence-corrected chi connectivity index (χ0v) is 18.4. The lowest BCUT2D eigenvalue weighted by Gasteiger charge is -2.17. The van der Waals surface area contributed by atoms with Gasteiger partial charge in [-0.2, -0.15) is 0 Å². The van der Waals surface area contributed by atoms with Gasteiger partial charge in [0.25, 0.3) is 11.8 Å². The Hall–Kier alpha value is -3.65. The van der Waals surface area contributed by atoms with Crippen LogP contribution in [0.25, 0.3) is 0 Å². The van der Waals surface area contributed by atoms with Gasteiger partial charge in [0.15, 0.2) is 0 Å². The number of anilines is 3. The Balaban J connectivity index is 1.47. The van der Waals surface area contributed by atoms with Crippen molar-refractivity contribution in [1.29, 1.82) is 0 Å². The van der Waals surface area contributed by atoms with Crippen LogP contribution in [-0.4, -0.2) is 32.5 Å². The molecule has 0 aromatic heterocycles. The SMILES string of the molecule is Cc1ccc(NC(=O)c2ccccc2)cc1NC(=O)c1ccc(N2CCCS2(=O)=O)cc1. The summed E-state index contributed by atoms with van der Waals surface area (Å²) in [6.07, 6.45) is 0.598. The zero-order chi connectivity index (χ0) is 22.7. The highest BCUT2D eigenvalue weighted by Gasteiger charge is 2.28. The molecule has 1 saturated heterocycles. The maximum absolute atomic E-state index is 12.8. The molecule has 1 aliphatic rings. The topological polar surface area (TPSA) is 95.6 Å². The van der Waals surface area contributed by atoms with Gasteiger partial charge in [0.1, 0.15) is 0 Å². The molecule has 0 bridgehead atoms. The Bertz CT molecular complexity index is 1260. The van der Waals surface area contributed by atoms with Gasteiger partial charge in [-0.1, -0.05) is 24.3 Å². The molecule has 2 amide bonds. The fourth-order valence-electron chi connectivity index (χ4n) is 3.53. The number of nitrogens with one attached hydrogen (secondary N) is 2. The van der Waals surface area contributed by atoms with Gasteiger partial charge in [-0.05, 0) is 67.4 Å². The van der Waals surface area contributed by atoms with Crippen LogP contribution in [0.1, 0.15) is 32.7 Å². The molecule has 4 rings (SSSR count). The van der Waals surface area contributed by atoms with E-state index < -0.39 is 10.0 Å². The van der Waals surface area contributed by atoms with Crippen molar-refractivity contribution in [2.24, 2.45) is 0 Å². The summed E-state index contributed by atoms with van der Waals surface area (Å²) in [6.45, 7) is 2.31. The molecule has 8 heteroatoms. The quantitative estimate of drug-likeness (QED) is 0.615. The van der Waals surface area contributed by atoms with E-state index in [4.69, 9.17) is 0 Å². The second-order valence-electron chi connectivity index (χ2n) is 7.59. The second-order valence-corrected chi connectivity index (χ2v) is 9.61.